The maximum Gasteiger partial charge on any atom is 0.307 e. The van der Waals surface area contributed by atoms with Gasteiger partial charge in [-0.2, -0.15) is 0 Å². The van der Waals surface area contributed by atoms with Crippen LogP contribution in [0, 0.1) is 24.6 Å². The summed E-state index contributed by atoms with van der Waals surface area (Å²) >= 11 is 0. The summed E-state index contributed by atoms with van der Waals surface area (Å²) in [7, 11) is 0. The van der Waals surface area contributed by atoms with Gasteiger partial charge >= 0.3 is 5.97 Å². The molecule has 0 aliphatic heterocycles. The van der Waals surface area contributed by atoms with Gasteiger partial charge in [0, 0.05) is 0 Å². The highest BCUT2D eigenvalue weighted by molar-refractivity contribution is 5.71. The number of rotatable bonds is 2. The molecule has 2 nitrogen and oxygen atoms in total. The fraction of sp³-hybridized carbons (Fsp3) is 0.533. The Bertz CT molecular complexity index is 456. The number of carbonyl (C=O) groups is 1. The van der Waals surface area contributed by atoms with E-state index >= 15 is 0 Å². The maximum absolute atomic E-state index is 13.1. The molecule has 1 fully saturated rings. The molecule has 18 heavy (non-hydrogen) atoms. The molecule has 3 heteroatoms. The first-order valence-electron chi connectivity index (χ1n) is 6.48. The van der Waals surface area contributed by atoms with E-state index in [-0.39, 0.29) is 17.7 Å². The highest BCUT2D eigenvalue weighted by atomic mass is 19.1. The Labute approximate surface area is 107 Å². The van der Waals surface area contributed by atoms with E-state index in [2.05, 4.69) is 6.92 Å². The van der Waals surface area contributed by atoms with Gasteiger partial charge in [0.05, 0.1) is 5.92 Å². The van der Waals surface area contributed by atoms with Crippen molar-refractivity contribution < 1.29 is 14.3 Å². The maximum atomic E-state index is 13.1. The molecule has 1 aromatic carbocycles. The molecule has 0 saturated heterocycles. The van der Waals surface area contributed by atoms with Gasteiger partial charge in [0.1, 0.15) is 5.82 Å². The highest BCUT2D eigenvalue weighted by Gasteiger charge is 2.35. The molecule has 1 aliphatic carbocycles. The monoisotopic (exact) mass is 250 g/mol. The van der Waals surface area contributed by atoms with Crippen molar-refractivity contribution in [3.63, 3.8) is 0 Å². The molecule has 1 N–H and O–H groups in total. The fourth-order valence-corrected chi connectivity index (χ4v) is 3.08. The molecule has 0 amide bonds. The minimum absolute atomic E-state index is 0.0202. The Morgan fingerprint density at radius 2 is 2.11 bits per heavy atom. The third kappa shape index (κ3) is 2.55. The van der Waals surface area contributed by atoms with Crippen molar-refractivity contribution >= 4 is 5.97 Å². The van der Waals surface area contributed by atoms with Crippen molar-refractivity contribution in [1.82, 2.24) is 0 Å². The third-order valence-electron chi connectivity index (χ3n) is 4.06. The third-order valence-corrected chi connectivity index (χ3v) is 4.06. The molecule has 1 saturated carbocycles. The van der Waals surface area contributed by atoms with Gasteiger partial charge in [0.15, 0.2) is 0 Å². The van der Waals surface area contributed by atoms with Crippen LogP contribution in [0.15, 0.2) is 18.2 Å². The van der Waals surface area contributed by atoms with Crippen LogP contribution < -0.4 is 0 Å². The van der Waals surface area contributed by atoms with Crippen molar-refractivity contribution in [3.05, 3.63) is 35.1 Å². The standard InChI is InChI=1S/C15H19FO2/c1-9-3-5-13(15(17)18)14(7-9)12-6-4-11(16)8-10(12)2/h4,6,8-9,13-14H,3,5,7H2,1-2H3,(H,17,18). The van der Waals surface area contributed by atoms with Crippen LogP contribution >= 0.6 is 0 Å². The highest BCUT2D eigenvalue weighted by Crippen LogP contribution is 2.41. The van der Waals surface area contributed by atoms with Crippen LogP contribution in [0.5, 0.6) is 0 Å². The number of aryl methyl sites for hydroxylation is 1. The molecule has 0 bridgehead atoms. The van der Waals surface area contributed by atoms with Crippen LogP contribution in [0.4, 0.5) is 4.39 Å². The lowest BCUT2D eigenvalue weighted by molar-refractivity contribution is -0.143. The van der Waals surface area contributed by atoms with E-state index in [1.165, 1.54) is 12.1 Å². The molecule has 0 spiro atoms. The lowest BCUT2D eigenvalue weighted by atomic mass is 9.71. The first-order valence-corrected chi connectivity index (χ1v) is 6.48. The molecule has 3 atom stereocenters. The van der Waals surface area contributed by atoms with E-state index < -0.39 is 5.97 Å². The minimum atomic E-state index is -0.726. The van der Waals surface area contributed by atoms with E-state index in [9.17, 15) is 14.3 Å². The zero-order chi connectivity index (χ0) is 13.3. The van der Waals surface area contributed by atoms with Crippen molar-refractivity contribution in [2.75, 3.05) is 0 Å². The average Bonchev–Trinajstić information content (AvgIpc) is 2.28. The molecule has 1 aliphatic rings. The smallest absolute Gasteiger partial charge is 0.307 e. The predicted molar refractivity (Wildman–Crippen MR) is 68.0 cm³/mol. The molecule has 98 valence electrons. The number of halogens is 1. The Morgan fingerprint density at radius 1 is 1.39 bits per heavy atom. The number of carboxylic acids is 1. The largest absolute Gasteiger partial charge is 0.481 e. The number of hydrogen-bond donors (Lipinski definition) is 1. The van der Waals surface area contributed by atoms with Gasteiger partial charge in [0.2, 0.25) is 0 Å². The second-order valence-corrected chi connectivity index (χ2v) is 5.47. The van der Waals surface area contributed by atoms with E-state index in [4.69, 9.17) is 0 Å². The summed E-state index contributed by atoms with van der Waals surface area (Å²) in [4.78, 5) is 11.3. The molecule has 0 heterocycles. The van der Waals surface area contributed by atoms with E-state index in [0.717, 1.165) is 30.4 Å². The summed E-state index contributed by atoms with van der Waals surface area (Å²) < 4.78 is 13.1. The zero-order valence-electron chi connectivity index (χ0n) is 10.8. The van der Waals surface area contributed by atoms with E-state index in [0.29, 0.717) is 5.92 Å². The average molecular weight is 250 g/mol. The van der Waals surface area contributed by atoms with Gasteiger partial charge in [0.25, 0.3) is 0 Å². The summed E-state index contributed by atoms with van der Waals surface area (Å²) in [5.74, 6) is -0.755. The topological polar surface area (TPSA) is 37.3 Å². The zero-order valence-corrected chi connectivity index (χ0v) is 10.8. The lowest BCUT2D eigenvalue weighted by Gasteiger charge is -2.33. The first kappa shape index (κ1) is 13.1. The summed E-state index contributed by atoms with van der Waals surface area (Å²) in [6.07, 6.45) is 2.56. The molecular weight excluding hydrogens is 231 g/mol. The second-order valence-electron chi connectivity index (χ2n) is 5.47. The van der Waals surface area contributed by atoms with Crippen molar-refractivity contribution in [3.8, 4) is 0 Å². The number of hydrogen-bond acceptors (Lipinski definition) is 1. The van der Waals surface area contributed by atoms with Crippen molar-refractivity contribution in [2.24, 2.45) is 11.8 Å². The van der Waals surface area contributed by atoms with Gasteiger partial charge in [-0.3, -0.25) is 4.79 Å². The first-order chi connectivity index (χ1) is 8.49. The normalized spacial score (nSPS) is 28.1. The fourth-order valence-electron chi connectivity index (χ4n) is 3.08. The van der Waals surface area contributed by atoms with Crippen LogP contribution in [0.3, 0.4) is 0 Å². The molecule has 0 aromatic heterocycles. The van der Waals surface area contributed by atoms with Crippen molar-refractivity contribution in [1.29, 1.82) is 0 Å². The molecule has 1 aromatic rings. The van der Waals surface area contributed by atoms with Crippen LogP contribution in [-0.4, -0.2) is 11.1 Å². The van der Waals surface area contributed by atoms with Crippen LogP contribution in [0.2, 0.25) is 0 Å². The number of aliphatic carboxylic acids is 1. The predicted octanol–water partition coefficient (Wildman–Crippen LogP) is 3.74. The van der Waals surface area contributed by atoms with Crippen molar-refractivity contribution in [2.45, 2.75) is 39.0 Å². The van der Waals surface area contributed by atoms with E-state index in [1.807, 2.05) is 6.92 Å². The second kappa shape index (κ2) is 5.09. The molecule has 3 unspecified atom stereocenters. The Morgan fingerprint density at radius 3 is 2.72 bits per heavy atom. The quantitative estimate of drug-likeness (QED) is 0.868. The van der Waals surface area contributed by atoms with Gasteiger partial charge in [-0.1, -0.05) is 13.0 Å². The van der Waals surface area contributed by atoms with E-state index in [1.54, 1.807) is 6.07 Å². The van der Waals surface area contributed by atoms with Crippen LogP contribution in [0.25, 0.3) is 0 Å². The lowest BCUT2D eigenvalue weighted by Crippen LogP contribution is -2.28. The van der Waals surface area contributed by atoms with Crippen LogP contribution in [-0.2, 0) is 4.79 Å². The van der Waals surface area contributed by atoms with Gasteiger partial charge < -0.3 is 5.11 Å². The summed E-state index contributed by atoms with van der Waals surface area (Å²) in [5, 5.41) is 9.33. The Balaban J connectivity index is 2.35. The molecular formula is C15H19FO2. The van der Waals surface area contributed by atoms with Gasteiger partial charge in [-0.25, -0.2) is 4.39 Å². The summed E-state index contributed by atoms with van der Waals surface area (Å²) in [6, 6.07) is 4.68. The minimum Gasteiger partial charge on any atom is -0.481 e. The Kier molecular flexibility index (Phi) is 3.69. The SMILES string of the molecule is Cc1cc(F)ccc1C1CC(C)CCC1C(=O)O. The van der Waals surface area contributed by atoms with Gasteiger partial charge in [-0.15, -0.1) is 0 Å². The number of carboxylic acid groups (broad SMARTS) is 1. The van der Waals surface area contributed by atoms with Crippen LogP contribution in [0.1, 0.15) is 43.2 Å². The molecule has 0 radical (unpaired) electrons. The Hall–Kier alpha value is -1.38. The summed E-state index contributed by atoms with van der Waals surface area (Å²) in [5.41, 5.74) is 1.86. The summed E-state index contributed by atoms with van der Waals surface area (Å²) in [6.45, 7) is 4.01. The number of benzene rings is 1. The molecule has 2 rings (SSSR count). The van der Waals surface area contributed by atoms with Gasteiger partial charge in [-0.05, 0) is 61.3 Å².